The monoisotopic (exact) mass is 290 g/mol. The molecule has 0 amide bonds. The maximum atomic E-state index is 12.3. The molecule has 0 N–H and O–H groups in total. The predicted octanol–water partition coefficient (Wildman–Crippen LogP) is -2.17. The van der Waals surface area contributed by atoms with E-state index in [0.717, 1.165) is 0 Å². The molecule has 0 fully saturated rings. The van der Waals surface area contributed by atoms with E-state index >= 15 is 0 Å². The first-order valence-corrected chi connectivity index (χ1v) is 5.63. The summed E-state index contributed by atoms with van der Waals surface area (Å²) in [6, 6.07) is 10.3. The van der Waals surface area contributed by atoms with Gasteiger partial charge in [0.05, 0.1) is 5.97 Å². The van der Waals surface area contributed by atoms with Crippen LogP contribution in [0.3, 0.4) is 0 Å². The Hall–Kier alpha value is -1.11. The summed E-state index contributed by atoms with van der Waals surface area (Å²) < 4.78 is 0. The van der Waals surface area contributed by atoms with Gasteiger partial charge in [-0.1, -0.05) is 30.3 Å². The molecule has 0 aromatic heterocycles. The first-order valence-electron chi connectivity index (χ1n) is 5.63. The number of carboxylic acids is 1. The van der Waals surface area contributed by atoms with Crippen molar-refractivity contribution in [2.75, 3.05) is 0 Å². The van der Waals surface area contributed by atoms with E-state index in [1.807, 2.05) is 0 Å². The van der Waals surface area contributed by atoms with Crippen molar-refractivity contribution < 1.29 is 70.9 Å². The summed E-state index contributed by atoms with van der Waals surface area (Å²) >= 11 is 0. The zero-order valence-corrected chi connectivity index (χ0v) is 13.8. The third-order valence-corrected chi connectivity index (χ3v) is 3.16. The quantitative estimate of drug-likeness (QED) is 0.478. The fourth-order valence-corrected chi connectivity index (χ4v) is 2.23. The second kappa shape index (κ2) is 5.71. The molecular weight excluding hydrogens is 283 g/mol. The minimum absolute atomic E-state index is 0. The Morgan fingerprint density at radius 2 is 1.30 bits per heavy atom. The minimum Gasteiger partial charge on any atom is -0.545 e. The summed E-state index contributed by atoms with van der Waals surface area (Å²) in [5.41, 5.74) is 0.884. The molecule has 20 heavy (non-hydrogen) atoms. The Morgan fingerprint density at radius 1 is 0.800 bits per heavy atom. The van der Waals surface area contributed by atoms with E-state index in [-0.39, 0.29) is 79.6 Å². The molecule has 0 heterocycles. The normalized spacial score (nSPS) is 12.2. The molecule has 0 spiro atoms. The molecule has 0 aliphatic heterocycles. The van der Waals surface area contributed by atoms with Crippen molar-refractivity contribution >= 4 is 17.5 Å². The fourth-order valence-electron chi connectivity index (χ4n) is 2.23. The predicted molar refractivity (Wildman–Crippen MR) is 64.1 cm³/mol. The zero-order valence-electron chi connectivity index (χ0n) is 10.7. The number of fused-ring (bicyclic) bond motifs is 2. The molecule has 4 nitrogen and oxygen atoms in total. The summed E-state index contributed by atoms with van der Waals surface area (Å²) in [6.45, 7) is 0. The van der Waals surface area contributed by atoms with E-state index in [4.69, 9.17) is 0 Å². The summed E-state index contributed by atoms with van der Waals surface area (Å²) in [5, 5.41) is 10.8. The van der Waals surface area contributed by atoms with E-state index in [1.54, 1.807) is 24.3 Å². The Kier molecular flexibility index (Phi) is 4.36. The van der Waals surface area contributed by atoms with E-state index in [9.17, 15) is 19.5 Å². The molecule has 5 heteroatoms. The van der Waals surface area contributed by atoms with Gasteiger partial charge in [0.1, 0.15) is 0 Å². The van der Waals surface area contributed by atoms with E-state index in [2.05, 4.69) is 0 Å². The third-order valence-electron chi connectivity index (χ3n) is 3.16. The number of rotatable bonds is 1. The molecule has 1 aliphatic carbocycles. The molecule has 1 aliphatic rings. The topological polar surface area (TPSA) is 74.3 Å². The number of carboxylic acid groups (broad SMARTS) is 1. The van der Waals surface area contributed by atoms with Gasteiger partial charge in [-0.15, -0.1) is 0 Å². The molecule has 0 unspecified atom stereocenters. The second-order valence-corrected chi connectivity index (χ2v) is 4.25. The average molecular weight is 290 g/mol. The molecule has 2 aromatic carbocycles. The second-order valence-electron chi connectivity index (χ2n) is 4.25. The fraction of sp³-hybridized carbons (Fsp3) is 0. The van der Waals surface area contributed by atoms with Gasteiger partial charge in [-0.05, 0) is 17.7 Å². The Labute approximate surface area is 157 Å². The summed E-state index contributed by atoms with van der Waals surface area (Å²) in [4.78, 5) is 35.3. The maximum Gasteiger partial charge on any atom is 1.00 e. The number of aromatic carboxylic acids is 1. The van der Waals surface area contributed by atoms with Crippen molar-refractivity contribution in [2.24, 2.45) is 0 Å². The molecule has 0 bridgehead atoms. The molecule has 3 rings (SSSR count). The van der Waals surface area contributed by atoms with Gasteiger partial charge in [0, 0.05) is 22.3 Å². The van der Waals surface area contributed by atoms with Gasteiger partial charge in [0.25, 0.3) is 0 Å². The summed E-state index contributed by atoms with van der Waals surface area (Å²) in [7, 11) is 0. The standard InChI is InChI=1S/C15H8O4.K/c16-13-9-3-1-2-4-10(9)14(17)12-7-8(15(18)19)5-6-11(12)13;/h1-7H,(H,18,19);/q;+1/p-1. The molecule has 0 radical (unpaired) electrons. The zero-order chi connectivity index (χ0) is 13.6. The van der Waals surface area contributed by atoms with Crippen molar-refractivity contribution in [1.29, 1.82) is 0 Å². The molecular formula is C15H7KO4. The van der Waals surface area contributed by atoms with Crippen LogP contribution in [0.2, 0.25) is 0 Å². The number of hydrogen-bond donors (Lipinski definition) is 0. The molecule has 0 atom stereocenters. The Bertz CT molecular complexity index is 749. The van der Waals surface area contributed by atoms with Gasteiger partial charge < -0.3 is 9.90 Å². The number of benzene rings is 2. The van der Waals surface area contributed by atoms with Gasteiger partial charge in [-0.2, -0.15) is 0 Å². The van der Waals surface area contributed by atoms with Gasteiger partial charge in [-0.3, -0.25) is 9.59 Å². The maximum absolute atomic E-state index is 12.3. The van der Waals surface area contributed by atoms with Crippen molar-refractivity contribution in [2.45, 2.75) is 0 Å². The smallest absolute Gasteiger partial charge is 0.545 e. The van der Waals surface area contributed by atoms with Gasteiger partial charge in [-0.25, -0.2) is 0 Å². The van der Waals surface area contributed by atoms with Crippen LogP contribution in [-0.4, -0.2) is 17.5 Å². The van der Waals surface area contributed by atoms with Crippen molar-refractivity contribution in [3.05, 3.63) is 70.3 Å². The van der Waals surface area contributed by atoms with Gasteiger partial charge >= 0.3 is 51.4 Å². The third kappa shape index (κ3) is 2.32. The van der Waals surface area contributed by atoms with Gasteiger partial charge in [0.2, 0.25) is 0 Å². The van der Waals surface area contributed by atoms with Crippen LogP contribution in [-0.2, 0) is 0 Å². The van der Waals surface area contributed by atoms with E-state index < -0.39 is 5.97 Å². The van der Waals surface area contributed by atoms with E-state index in [1.165, 1.54) is 18.2 Å². The summed E-state index contributed by atoms with van der Waals surface area (Å²) in [5.74, 6) is -1.98. The Morgan fingerprint density at radius 3 is 1.85 bits per heavy atom. The van der Waals surface area contributed by atoms with Crippen molar-refractivity contribution in [1.82, 2.24) is 0 Å². The van der Waals surface area contributed by atoms with Crippen LogP contribution >= 0.6 is 0 Å². The SMILES string of the molecule is O=C([O-])c1ccc2c(c1)C(=O)c1ccccc1C2=O.[K+]. The minimum atomic E-state index is -1.37. The van der Waals surface area contributed by atoms with Crippen LogP contribution in [0.15, 0.2) is 42.5 Å². The first kappa shape index (κ1) is 15.3. The molecule has 2 aromatic rings. The van der Waals surface area contributed by atoms with Gasteiger partial charge in [0.15, 0.2) is 11.6 Å². The largest absolute Gasteiger partial charge is 1.00 e. The van der Waals surface area contributed by atoms with Crippen molar-refractivity contribution in [3.8, 4) is 0 Å². The average Bonchev–Trinajstić information content (AvgIpc) is 2.44. The molecule has 0 saturated heterocycles. The summed E-state index contributed by atoms with van der Waals surface area (Å²) in [6.07, 6.45) is 0. The number of carbonyl (C=O) groups excluding carboxylic acids is 3. The van der Waals surface area contributed by atoms with Crippen LogP contribution in [0, 0.1) is 0 Å². The van der Waals surface area contributed by atoms with Crippen LogP contribution in [0.4, 0.5) is 0 Å². The number of ketones is 2. The van der Waals surface area contributed by atoms with Crippen LogP contribution in [0.1, 0.15) is 42.2 Å². The van der Waals surface area contributed by atoms with Crippen LogP contribution in [0.5, 0.6) is 0 Å². The Balaban J connectivity index is 0.00000147. The van der Waals surface area contributed by atoms with Crippen LogP contribution < -0.4 is 56.5 Å². The number of hydrogen-bond acceptors (Lipinski definition) is 4. The number of carbonyl (C=O) groups is 3. The molecule has 92 valence electrons. The molecule has 0 saturated carbocycles. The van der Waals surface area contributed by atoms with E-state index in [0.29, 0.717) is 11.1 Å². The van der Waals surface area contributed by atoms with Crippen molar-refractivity contribution in [3.63, 3.8) is 0 Å². The first-order chi connectivity index (χ1) is 9.09. The van der Waals surface area contributed by atoms with Crippen LogP contribution in [0.25, 0.3) is 0 Å².